The van der Waals surface area contributed by atoms with E-state index in [0.717, 1.165) is 5.01 Å². The van der Waals surface area contributed by atoms with Crippen molar-refractivity contribution in [3.05, 3.63) is 15.6 Å². The van der Waals surface area contributed by atoms with Gasteiger partial charge in [0.25, 0.3) is 5.91 Å². The van der Waals surface area contributed by atoms with Gasteiger partial charge in [-0.3, -0.25) is 4.79 Å². The molecule has 1 aromatic rings. The molecular weight excluding hydrogens is 260 g/mol. The number of nitrogens with zero attached hydrogens (tertiary/aromatic N) is 2. The average molecular weight is 272 g/mol. The molecule has 0 radical (unpaired) electrons. The van der Waals surface area contributed by atoms with Crippen molar-refractivity contribution in [1.82, 2.24) is 9.88 Å². The van der Waals surface area contributed by atoms with Crippen LogP contribution in [0, 0.1) is 13.8 Å². The fourth-order valence-electron chi connectivity index (χ4n) is 1.71. The summed E-state index contributed by atoms with van der Waals surface area (Å²) in [5.74, 6) is -0.267. The van der Waals surface area contributed by atoms with Gasteiger partial charge >= 0.3 is 5.97 Å². The maximum absolute atomic E-state index is 12.2. The molecule has 0 spiro atoms. The maximum atomic E-state index is 12.2. The van der Waals surface area contributed by atoms with Crippen molar-refractivity contribution in [1.29, 1.82) is 0 Å². The Labute approximate surface area is 107 Å². The molecule has 1 amide bonds. The van der Waals surface area contributed by atoms with Crippen molar-refractivity contribution in [2.45, 2.75) is 19.9 Å². The summed E-state index contributed by atoms with van der Waals surface area (Å²) in [5.41, 5.74) is 0.679. The molecule has 0 aromatic carbocycles. The number of carboxylic acids is 1. The molecule has 5 nitrogen and oxygen atoms in total. The Morgan fingerprint density at radius 3 is 2.71 bits per heavy atom. The fourth-order valence-corrected chi connectivity index (χ4v) is 3.73. The van der Waals surface area contributed by atoms with E-state index >= 15 is 0 Å². The first kappa shape index (κ1) is 12.4. The second kappa shape index (κ2) is 4.66. The minimum absolute atomic E-state index is 0.217. The first-order chi connectivity index (χ1) is 8.00. The summed E-state index contributed by atoms with van der Waals surface area (Å²) in [6.45, 7) is 3.61. The average Bonchev–Trinajstić information content (AvgIpc) is 2.83. The number of amides is 1. The highest BCUT2D eigenvalue weighted by atomic mass is 32.2. The minimum Gasteiger partial charge on any atom is -0.480 e. The summed E-state index contributed by atoms with van der Waals surface area (Å²) in [5, 5.41) is 9.86. The highest BCUT2D eigenvalue weighted by Crippen LogP contribution is 2.26. The normalized spacial score (nSPS) is 19.6. The van der Waals surface area contributed by atoms with Crippen LogP contribution < -0.4 is 0 Å². The lowest BCUT2D eigenvalue weighted by molar-refractivity contribution is -0.140. The Morgan fingerprint density at radius 1 is 1.47 bits per heavy atom. The van der Waals surface area contributed by atoms with Crippen LogP contribution in [-0.2, 0) is 4.79 Å². The molecule has 0 aliphatic carbocycles. The third kappa shape index (κ3) is 2.30. The van der Waals surface area contributed by atoms with Crippen LogP contribution in [0.25, 0.3) is 0 Å². The van der Waals surface area contributed by atoms with Crippen molar-refractivity contribution < 1.29 is 14.7 Å². The first-order valence-electron chi connectivity index (χ1n) is 5.06. The summed E-state index contributed by atoms with van der Waals surface area (Å²) in [7, 11) is 0. The lowest BCUT2D eigenvalue weighted by Gasteiger charge is -2.19. The monoisotopic (exact) mass is 272 g/mol. The Bertz CT molecular complexity index is 472. The van der Waals surface area contributed by atoms with Crippen LogP contribution in [-0.4, -0.2) is 44.5 Å². The number of hydrogen-bond donors (Lipinski definition) is 1. The SMILES string of the molecule is Cc1nc(C)c(C(=O)N2CSCC2C(=O)O)s1. The Balaban J connectivity index is 2.25. The molecule has 1 aliphatic rings. The smallest absolute Gasteiger partial charge is 0.327 e. The number of aromatic nitrogens is 1. The number of aryl methyl sites for hydroxylation is 2. The van der Waals surface area contributed by atoms with Crippen LogP contribution in [0.15, 0.2) is 0 Å². The van der Waals surface area contributed by atoms with Gasteiger partial charge in [-0.2, -0.15) is 0 Å². The number of carboxylic acid groups (broad SMARTS) is 1. The predicted octanol–water partition coefficient (Wildman–Crippen LogP) is 1.36. The van der Waals surface area contributed by atoms with Gasteiger partial charge in [0.05, 0.1) is 16.6 Å². The Kier molecular flexibility index (Phi) is 3.39. The van der Waals surface area contributed by atoms with E-state index in [2.05, 4.69) is 4.98 Å². The predicted molar refractivity (Wildman–Crippen MR) is 66.5 cm³/mol. The molecule has 0 bridgehead atoms. The van der Waals surface area contributed by atoms with E-state index in [-0.39, 0.29) is 5.91 Å². The molecule has 1 atom stereocenters. The van der Waals surface area contributed by atoms with Crippen molar-refractivity contribution in [2.24, 2.45) is 0 Å². The number of aliphatic carboxylic acids is 1. The zero-order valence-corrected chi connectivity index (χ0v) is 11.1. The van der Waals surface area contributed by atoms with Gasteiger partial charge in [-0.1, -0.05) is 0 Å². The molecule has 1 saturated heterocycles. The van der Waals surface area contributed by atoms with Gasteiger partial charge < -0.3 is 10.0 Å². The van der Waals surface area contributed by atoms with Gasteiger partial charge in [-0.25, -0.2) is 9.78 Å². The summed E-state index contributed by atoms with van der Waals surface area (Å²) >= 11 is 2.78. The van der Waals surface area contributed by atoms with E-state index in [1.54, 1.807) is 6.92 Å². The van der Waals surface area contributed by atoms with Crippen molar-refractivity contribution in [3.8, 4) is 0 Å². The molecule has 17 heavy (non-hydrogen) atoms. The minimum atomic E-state index is -0.942. The van der Waals surface area contributed by atoms with Crippen LogP contribution >= 0.6 is 23.1 Å². The lowest BCUT2D eigenvalue weighted by Crippen LogP contribution is -2.41. The molecule has 92 valence electrons. The van der Waals surface area contributed by atoms with Crippen molar-refractivity contribution in [3.63, 3.8) is 0 Å². The molecular formula is C10H12N2O3S2. The van der Waals surface area contributed by atoms with E-state index in [9.17, 15) is 9.59 Å². The number of carbonyl (C=O) groups is 2. The van der Waals surface area contributed by atoms with E-state index in [1.807, 2.05) is 6.92 Å². The third-order valence-corrected chi connectivity index (χ3v) is 4.60. The molecule has 1 fully saturated rings. The topological polar surface area (TPSA) is 70.5 Å². The zero-order chi connectivity index (χ0) is 12.6. The molecule has 0 saturated carbocycles. The van der Waals surface area contributed by atoms with Gasteiger partial charge in [-0.15, -0.1) is 23.1 Å². The van der Waals surface area contributed by atoms with E-state index in [0.29, 0.717) is 22.2 Å². The Hall–Kier alpha value is -1.08. The van der Waals surface area contributed by atoms with Crippen LogP contribution in [0.4, 0.5) is 0 Å². The van der Waals surface area contributed by atoms with Crippen molar-refractivity contribution in [2.75, 3.05) is 11.6 Å². The largest absolute Gasteiger partial charge is 0.480 e. The highest BCUT2D eigenvalue weighted by molar-refractivity contribution is 7.99. The number of carbonyl (C=O) groups excluding carboxylic acids is 1. The second-order valence-electron chi connectivity index (χ2n) is 3.78. The molecule has 1 N–H and O–H groups in total. The summed E-state index contributed by atoms with van der Waals surface area (Å²) in [6, 6.07) is -0.714. The molecule has 7 heteroatoms. The van der Waals surface area contributed by atoms with Crippen LogP contribution in [0.1, 0.15) is 20.4 Å². The number of hydrogen-bond acceptors (Lipinski definition) is 5. The maximum Gasteiger partial charge on any atom is 0.327 e. The molecule has 2 rings (SSSR count). The second-order valence-corrected chi connectivity index (χ2v) is 5.98. The van der Waals surface area contributed by atoms with Gasteiger partial charge in [-0.05, 0) is 13.8 Å². The number of thiazole rings is 1. The summed E-state index contributed by atoms with van der Waals surface area (Å²) < 4.78 is 0. The van der Waals surface area contributed by atoms with Gasteiger partial charge in [0.1, 0.15) is 10.9 Å². The van der Waals surface area contributed by atoms with Crippen LogP contribution in [0.2, 0.25) is 0 Å². The summed E-state index contributed by atoms with van der Waals surface area (Å²) in [4.78, 5) is 29.4. The van der Waals surface area contributed by atoms with Gasteiger partial charge in [0, 0.05) is 5.75 Å². The molecule has 1 aromatic heterocycles. The zero-order valence-electron chi connectivity index (χ0n) is 9.47. The quantitative estimate of drug-likeness (QED) is 0.880. The van der Waals surface area contributed by atoms with Crippen LogP contribution in [0.5, 0.6) is 0 Å². The van der Waals surface area contributed by atoms with E-state index < -0.39 is 12.0 Å². The molecule has 1 aliphatic heterocycles. The summed E-state index contributed by atoms with van der Waals surface area (Å²) in [6.07, 6.45) is 0. The number of rotatable bonds is 2. The highest BCUT2D eigenvalue weighted by Gasteiger charge is 2.36. The van der Waals surface area contributed by atoms with E-state index in [4.69, 9.17) is 5.11 Å². The van der Waals surface area contributed by atoms with Gasteiger partial charge in [0.15, 0.2) is 0 Å². The third-order valence-electron chi connectivity index (χ3n) is 2.53. The van der Waals surface area contributed by atoms with E-state index in [1.165, 1.54) is 28.0 Å². The fraction of sp³-hybridized carbons (Fsp3) is 0.500. The molecule has 1 unspecified atom stereocenters. The lowest BCUT2D eigenvalue weighted by atomic mass is 10.2. The molecule has 2 heterocycles. The van der Waals surface area contributed by atoms with Crippen LogP contribution in [0.3, 0.4) is 0 Å². The number of thioether (sulfide) groups is 1. The Morgan fingerprint density at radius 2 is 2.18 bits per heavy atom. The first-order valence-corrected chi connectivity index (χ1v) is 7.03. The van der Waals surface area contributed by atoms with Crippen molar-refractivity contribution >= 4 is 35.0 Å². The standard InChI is InChI=1S/C10H12N2O3S2/c1-5-8(17-6(2)11-5)9(13)12-4-16-3-7(12)10(14)15/h7H,3-4H2,1-2H3,(H,14,15). The van der Waals surface area contributed by atoms with Gasteiger partial charge in [0.2, 0.25) is 0 Å².